The predicted molar refractivity (Wildman–Crippen MR) is 91.2 cm³/mol. The molecule has 134 valence electrons. The van der Waals surface area contributed by atoms with Crippen LogP contribution in [-0.4, -0.2) is 36.8 Å². The van der Waals surface area contributed by atoms with Crippen LogP contribution in [0, 0.1) is 0 Å². The van der Waals surface area contributed by atoms with Gasteiger partial charge in [-0.2, -0.15) is 0 Å². The number of benzene rings is 2. The van der Waals surface area contributed by atoms with Crippen LogP contribution in [0.2, 0.25) is 0 Å². The molecule has 0 saturated carbocycles. The maximum Gasteiger partial charge on any atom is 0.232 e. The van der Waals surface area contributed by atoms with Gasteiger partial charge in [-0.05, 0) is 35.4 Å². The summed E-state index contributed by atoms with van der Waals surface area (Å²) in [6, 6.07) is 8.12. The van der Waals surface area contributed by atoms with Gasteiger partial charge in [0.25, 0.3) is 0 Å². The molecule has 0 bridgehead atoms. The van der Waals surface area contributed by atoms with Crippen molar-refractivity contribution in [1.29, 1.82) is 0 Å². The van der Waals surface area contributed by atoms with Crippen molar-refractivity contribution in [3.8, 4) is 23.0 Å². The van der Waals surface area contributed by atoms with Gasteiger partial charge in [0.05, 0.1) is 20.0 Å². The lowest BCUT2D eigenvalue weighted by molar-refractivity contribution is -1.01. The Morgan fingerprint density at radius 3 is 2.12 bits per heavy atom. The van der Waals surface area contributed by atoms with Gasteiger partial charge in [0.1, 0.15) is 6.54 Å². The van der Waals surface area contributed by atoms with Crippen LogP contribution in [0.3, 0.4) is 0 Å². The lowest BCUT2D eigenvalue weighted by Gasteiger charge is -2.53. The molecule has 6 heteroatoms. The van der Waals surface area contributed by atoms with Crippen LogP contribution < -0.4 is 18.9 Å². The molecule has 0 fully saturated rings. The molecule has 0 radical (unpaired) electrons. The average Bonchev–Trinajstić information content (AvgIpc) is 3.25. The summed E-state index contributed by atoms with van der Waals surface area (Å²) in [7, 11) is 2.14. The summed E-state index contributed by atoms with van der Waals surface area (Å²) in [5, 5.41) is 11.9. The standard InChI is InChI=1S/C20H20NO5/c1-21-3-2-12-4-16-19(26-11-23-16)7-15(12)20(21,22)8-13-5-17-18(25-10-24-17)6-14(13)9-21/h4-7,22H,2-3,8-11H2,1H3/q+1/t20-,21?/m1/s1. The summed E-state index contributed by atoms with van der Waals surface area (Å²) in [6.45, 7) is 2.14. The molecule has 1 N–H and O–H groups in total. The summed E-state index contributed by atoms with van der Waals surface area (Å²) in [5.74, 6) is 3.08. The maximum absolute atomic E-state index is 11.9. The molecule has 0 aromatic heterocycles. The third-order valence-corrected chi connectivity index (χ3v) is 6.45. The second kappa shape index (κ2) is 4.64. The monoisotopic (exact) mass is 354 g/mol. The predicted octanol–water partition coefficient (Wildman–Crippen LogP) is 2.05. The molecule has 2 aromatic carbocycles. The quantitative estimate of drug-likeness (QED) is 0.734. The molecule has 2 aromatic rings. The Kier molecular flexibility index (Phi) is 2.62. The van der Waals surface area contributed by atoms with Gasteiger partial charge in [-0.15, -0.1) is 0 Å². The zero-order valence-electron chi connectivity index (χ0n) is 14.6. The molecule has 2 atom stereocenters. The van der Waals surface area contributed by atoms with E-state index >= 15 is 0 Å². The SMILES string of the molecule is C[N+]12CCc3cc4c(cc3[C@]1(O)Cc1cc3c(cc1C2)OCO3)OCO4. The Balaban J connectivity index is 1.52. The minimum absolute atomic E-state index is 0.245. The second-order valence-electron chi connectivity index (χ2n) is 7.86. The molecule has 0 aliphatic carbocycles. The minimum atomic E-state index is -0.991. The van der Waals surface area contributed by atoms with Crippen molar-refractivity contribution >= 4 is 0 Å². The van der Waals surface area contributed by atoms with Gasteiger partial charge in [0.15, 0.2) is 23.0 Å². The van der Waals surface area contributed by atoms with Crippen LogP contribution in [0.25, 0.3) is 0 Å². The van der Waals surface area contributed by atoms with Crippen LogP contribution in [-0.2, 0) is 25.1 Å². The summed E-state index contributed by atoms with van der Waals surface area (Å²) in [4.78, 5) is 0. The fourth-order valence-corrected chi connectivity index (χ4v) is 4.88. The van der Waals surface area contributed by atoms with E-state index in [4.69, 9.17) is 18.9 Å². The fraction of sp³-hybridized carbons (Fsp3) is 0.400. The smallest absolute Gasteiger partial charge is 0.232 e. The van der Waals surface area contributed by atoms with Crippen molar-refractivity contribution in [2.45, 2.75) is 25.1 Å². The molecule has 26 heavy (non-hydrogen) atoms. The van der Waals surface area contributed by atoms with Crippen molar-refractivity contribution in [2.75, 3.05) is 27.2 Å². The summed E-state index contributed by atoms with van der Waals surface area (Å²) >= 11 is 0. The first kappa shape index (κ1) is 14.7. The highest BCUT2D eigenvalue weighted by Crippen LogP contribution is 2.50. The van der Waals surface area contributed by atoms with Crippen molar-refractivity contribution in [3.63, 3.8) is 0 Å². The van der Waals surface area contributed by atoms with E-state index in [9.17, 15) is 5.11 Å². The van der Waals surface area contributed by atoms with Crippen LogP contribution >= 0.6 is 0 Å². The van der Waals surface area contributed by atoms with Crippen LogP contribution in [0.15, 0.2) is 24.3 Å². The summed E-state index contributed by atoms with van der Waals surface area (Å²) in [5.41, 5.74) is 3.47. The number of fused-ring (bicyclic) bond motifs is 6. The third-order valence-electron chi connectivity index (χ3n) is 6.45. The highest BCUT2D eigenvalue weighted by Gasteiger charge is 2.55. The molecule has 6 rings (SSSR count). The van der Waals surface area contributed by atoms with Crippen molar-refractivity contribution < 1.29 is 28.5 Å². The van der Waals surface area contributed by atoms with E-state index in [1.165, 1.54) is 5.56 Å². The van der Waals surface area contributed by atoms with Gasteiger partial charge >= 0.3 is 0 Å². The Labute approximate surface area is 151 Å². The van der Waals surface area contributed by atoms with Crippen molar-refractivity contribution in [2.24, 2.45) is 0 Å². The first-order valence-corrected chi connectivity index (χ1v) is 8.97. The van der Waals surface area contributed by atoms with Crippen molar-refractivity contribution in [1.82, 2.24) is 0 Å². The maximum atomic E-state index is 11.9. The fourth-order valence-electron chi connectivity index (χ4n) is 4.88. The molecule has 0 amide bonds. The van der Waals surface area contributed by atoms with E-state index in [2.05, 4.69) is 13.1 Å². The molecule has 4 aliphatic heterocycles. The zero-order valence-corrected chi connectivity index (χ0v) is 14.6. The molecule has 0 spiro atoms. The molecule has 4 aliphatic rings. The second-order valence-corrected chi connectivity index (χ2v) is 7.86. The largest absolute Gasteiger partial charge is 0.454 e. The van der Waals surface area contributed by atoms with E-state index in [1.54, 1.807) is 0 Å². The average molecular weight is 354 g/mol. The molecule has 1 unspecified atom stereocenters. The van der Waals surface area contributed by atoms with Crippen LogP contribution in [0.4, 0.5) is 0 Å². The van der Waals surface area contributed by atoms with Crippen LogP contribution in [0.1, 0.15) is 22.3 Å². The number of aliphatic hydroxyl groups is 1. The normalized spacial score (nSPS) is 29.8. The number of quaternary nitrogens is 1. The Hall–Kier alpha value is -2.44. The Morgan fingerprint density at radius 2 is 1.42 bits per heavy atom. The van der Waals surface area contributed by atoms with Crippen molar-refractivity contribution in [3.05, 3.63) is 46.5 Å². The highest BCUT2D eigenvalue weighted by atomic mass is 16.7. The number of nitrogens with zero attached hydrogens (tertiary/aromatic N) is 1. The van der Waals surface area contributed by atoms with Gasteiger partial charge < -0.3 is 24.1 Å². The van der Waals surface area contributed by atoms with Gasteiger partial charge in [-0.25, -0.2) is 0 Å². The number of likely N-dealkylation sites (N-methyl/N-ethyl adjacent to an activating group) is 1. The van der Waals surface area contributed by atoms with Crippen LogP contribution in [0.5, 0.6) is 23.0 Å². The Bertz CT molecular complexity index is 958. The first-order valence-electron chi connectivity index (χ1n) is 8.97. The van der Waals surface area contributed by atoms with E-state index in [0.717, 1.165) is 59.2 Å². The topological polar surface area (TPSA) is 57.2 Å². The van der Waals surface area contributed by atoms with E-state index in [-0.39, 0.29) is 13.6 Å². The minimum Gasteiger partial charge on any atom is -0.454 e. The lowest BCUT2D eigenvalue weighted by Crippen LogP contribution is -2.65. The van der Waals surface area contributed by atoms with Gasteiger partial charge in [-0.1, -0.05) is 0 Å². The van der Waals surface area contributed by atoms with Gasteiger partial charge in [0.2, 0.25) is 19.3 Å². The number of hydrogen-bond donors (Lipinski definition) is 1. The molecule has 0 saturated heterocycles. The first-order chi connectivity index (χ1) is 12.6. The van der Waals surface area contributed by atoms with Gasteiger partial charge in [0, 0.05) is 17.5 Å². The van der Waals surface area contributed by atoms with E-state index < -0.39 is 5.72 Å². The molecule has 6 nitrogen and oxygen atoms in total. The number of rotatable bonds is 0. The number of hydrogen-bond acceptors (Lipinski definition) is 5. The Morgan fingerprint density at radius 1 is 0.846 bits per heavy atom. The summed E-state index contributed by atoms with van der Waals surface area (Å²) < 4.78 is 22.7. The third kappa shape index (κ3) is 1.73. The molecular formula is C20H20NO5+. The zero-order chi connectivity index (χ0) is 17.5. The van der Waals surface area contributed by atoms with E-state index in [0.29, 0.717) is 10.9 Å². The summed E-state index contributed by atoms with van der Waals surface area (Å²) in [6.07, 6.45) is 1.45. The van der Waals surface area contributed by atoms with Gasteiger partial charge in [-0.3, -0.25) is 4.48 Å². The molecule has 4 heterocycles. The molecular weight excluding hydrogens is 334 g/mol. The lowest BCUT2D eigenvalue weighted by atomic mass is 9.78. The number of ether oxygens (including phenoxy) is 4. The van der Waals surface area contributed by atoms with E-state index in [1.807, 2.05) is 18.2 Å². The highest BCUT2D eigenvalue weighted by molar-refractivity contribution is 5.53.